The lowest BCUT2D eigenvalue weighted by Crippen LogP contribution is -2.31. The van der Waals surface area contributed by atoms with Crippen LogP contribution in [0.2, 0.25) is 0 Å². The predicted molar refractivity (Wildman–Crippen MR) is 73.7 cm³/mol. The molecular formula is C16H14F2N2O. The first-order valence-corrected chi connectivity index (χ1v) is 6.83. The van der Waals surface area contributed by atoms with E-state index in [1.54, 1.807) is 4.90 Å². The van der Waals surface area contributed by atoms with Gasteiger partial charge in [-0.3, -0.25) is 4.79 Å². The van der Waals surface area contributed by atoms with Crippen molar-refractivity contribution >= 4 is 5.91 Å². The van der Waals surface area contributed by atoms with Crippen molar-refractivity contribution in [2.45, 2.75) is 19.4 Å². The molecule has 0 N–H and O–H groups in total. The van der Waals surface area contributed by atoms with Crippen molar-refractivity contribution in [1.29, 1.82) is 0 Å². The van der Waals surface area contributed by atoms with Gasteiger partial charge in [-0.1, -0.05) is 24.3 Å². The van der Waals surface area contributed by atoms with Gasteiger partial charge in [0, 0.05) is 19.3 Å². The average molecular weight is 288 g/mol. The van der Waals surface area contributed by atoms with Crippen LogP contribution in [0.3, 0.4) is 0 Å². The van der Waals surface area contributed by atoms with Crippen molar-refractivity contribution in [2.24, 2.45) is 0 Å². The summed E-state index contributed by atoms with van der Waals surface area (Å²) in [5.41, 5.74) is 1.99. The van der Waals surface area contributed by atoms with Crippen LogP contribution in [0.4, 0.5) is 8.78 Å². The summed E-state index contributed by atoms with van der Waals surface area (Å²) in [6.45, 7) is 0.940. The quantitative estimate of drug-likeness (QED) is 0.756. The zero-order valence-corrected chi connectivity index (χ0v) is 11.4. The van der Waals surface area contributed by atoms with E-state index in [2.05, 4.69) is 4.98 Å². The van der Waals surface area contributed by atoms with E-state index in [4.69, 9.17) is 0 Å². The molecule has 0 fully saturated rings. The van der Waals surface area contributed by atoms with E-state index in [9.17, 15) is 13.6 Å². The molecule has 0 spiro atoms. The number of carbonyl (C=O) groups excluding carboxylic acids is 1. The fourth-order valence-corrected chi connectivity index (χ4v) is 2.63. The Bertz CT molecular complexity index is 688. The number of amides is 1. The van der Waals surface area contributed by atoms with Gasteiger partial charge in [0.05, 0.1) is 5.56 Å². The molecule has 1 aliphatic rings. The van der Waals surface area contributed by atoms with E-state index in [0.29, 0.717) is 13.1 Å². The molecule has 0 bridgehead atoms. The second-order valence-corrected chi connectivity index (χ2v) is 5.06. The first kappa shape index (κ1) is 13.7. The van der Waals surface area contributed by atoms with Crippen LogP contribution in [0.15, 0.2) is 36.5 Å². The Labute approximate surface area is 121 Å². The highest BCUT2D eigenvalue weighted by Crippen LogP contribution is 2.21. The number of fused-ring (bicyclic) bond motifs is 1. The van der Waals surface area contributed by atoms with Gasteiger partial charge in [0.15, 0.2) is 5.82 Å². The fraction of sp³-hybridized carbons (Fsp3) is 0.250. The minimum atomic E-state index is -1.24. The van der Waals surface area contributed by atoms with Crippen molar-refractivity contribution in [2.75, 3.05) is 6.54 Å². The summed E-state index contributed by atoms with van der Waals surface area (Å²) in [6, 6.07) is 9.10. The molecular weight excluding hydrogens is 274 g/mol. The minimum absolute atomic E-state index is 0.262. The molecule has 0 aliphatic carbocycles. The van der Waals surface area contributed by atoms with Crippen LogP contribution in [0.5, 0.6) is 0 Å². The molecule has 21 heavy (non-hydrogen) atoms. The van der Waals surface area contributed by atoms with Crippen LogP contribution in [0.1, 0.15) is 27.9 Å². The number of rotatable bonds is 1. The summed E-state index contributed by atoms with van der Waals surface area (Å²) in [6.07, 6.45) is 2.79. The minimum Gasteiger partial charge on any atom is -0.334 e. The molecule has 1 amide bonds. The van der Waals surface area contributed by atoms with Gasteiger partial charge in [0.25, 0.3) is 5.91 Å². The largest absolute Gasteiger partial charge is 0.334 e. The highest BCUT2D eigenvalue weighted by molar-refractivity contribution is 5.94. The van der Waals surface area contributed by atoms with Crippen LogP contribution >= 0.6 is 0 Å². The first-order valence-electron chi connectivity index (χ1n) is 6.83. The SMILES string of the molecule is O=C(c1ccnc(F)c1F)N1CCCc2ccccc2C1. The highest BCUT2D eigenvalue weighted by atomic mass is 19.2. The topological polar surface area (TPSA) is 33.2 Å². The molecule has 1 aromatic heterocycles. The molecule has 1 aromatic carbocycles. The van der Waals surface area contributed by atoms with E-state index in [-0.39, 0.29) is 5.56 Å². The van der Waals surface area contributed by atoms with Crippen molar-refractivity contribution in [3.8, 4) is 0 Å². The number of halogens is 2. The zero-order valence-electron chi connectivity index (χ0n) is 11.4. The van der Waals surface area contributed by atoms with Gasteiger partial charge in [-0.2, -0.15) is 4.39 Å². The molecule has 3 nitrogen and oxygen atoms in total. The number of hydrogen-bond acceptors (Lipinski definition) is 2. The Morgan fingerprint density at radius 2 is 1.90 bits per heavy atom. The molecule has 0 saturated heterocycles. The normalized spacial score (nSPS) is 14.5. The van der Waals surface area contributed by atoms with Gasteiger partial charge in [0.2, 0.25) is 5.95 Å². The lowest BCUT2D eigenvalue weighted by molar-refractivity contribution is 0.0739. The van der Waals surface area contributed by atoms with E-state index < -0.39 is 17.7 Å². The molecule has 0 saturated carbocycles. The molecule has 3 rings (SSSR count). The summed E-state index contributed by atoms with van der Waals surface area (Å²) in [7, 11) is 0. The van der Waals surface area contributed by atoms with Crippen LogP contribution in [-0.2, 0) is 13.0 Å². The smallest absolute Gasteiger partial charge is 0.257 e. The van der Waals surface area contributed by atoms with Gasteiger partial charge in [-0.15, -0.1) is 0 Å². The third-order valence-corrected chi connectivity index (χ3v) is 3.72. The summed E-state index contributed by atoms with van der Waals surface area (Å²) in [5.74, 6) is -2.92. The fourth-order valence-electron chi connectivity index (χ4n) is 2.63. The molecule has 1 aliphatic heterocycles. The second-order valence-electron chi connectivity index (χ2n) is 5.06. The third-order valence-electron chi connectivity index (χ3n) is 3.72. The van der Waals surface area contributed by atoms with Gasteiger partial charge in [-0.25, -0.2) is 9.37 Å². The predicted octanol–water partition coefficient (Wildman–Crippen LogP) is 2.95. The number of aromatic nitrogens is 1. The van der Waals surface area contributed by atoms with Gasteiger partial charge in [-0.05, 0) is 30.0 Å². The molecule has 0 atom stereocenters. The molecule has 0 radical (unpaired) electrons. The van der Waals surface area contributed by atoms with Crippen LogP contribution in [-0.4, -0.2) is 22.3 Å². The standard InChI is InChI=1S/C16H14F2N2O/c17-14-13(7-8-19-15(14)18)16(21)20-9-3-6-11-4-1-2-5-12(11)10-20/h1-2,4-5,7-8H,3,6,9-10H2. The van der Waals surface area contributed by atoms with E-state index in [1.165, 1.54) is 11.6 Å². The van der Waals surface area contributed by atoms with Crippen LogP contribution in [0.25, 0.3) is 0 Å². The Morgan fingerprint density at radius 1 is 1.14 bits per heavy atom. The number of carbonyl (C=O) groups is 1. The summed E-state index contributed by atoms with van der Waals surface area (Å²) < 4.78 is 26.9. The maximum atomic E-state index is 13.7. The first-order chi connectivity index (χ1) is 10.2. The average Bonchev–Trinajstić information content (AvgIpc) is 2.71. The molecule has 108 valence electrons. The van der Waals surface area contributed by atoms with E-state index >= 15 is 0 Å². The van der Waals surface area contributed by atoms with Crippen molar-refractivity contribution in [1.82, 2.24) is 9.88 Å². The monoisotopic (exact) mass is 288 g/mol. The number of nitrogens with zero attached hydrogens (tertiary/aromatic N) is 2. The zero-order chi connectivity index (χ0) is 14.8. The van der Waals surface area contributed by atoms with E-state index in [0.717, 1.165) is 24.6 Å². The van der Waals surface area contributed by atoms with Crippen LogP contribution in [0, 0.1) is 11.8 Å². The Balaban J connectivity index is 1.90. The van der Waals surface area contributed by atoms with Gasteiger partial charge < -0.3 is 4.90 Å². The molecule has 5 heteroatoms. The van der Waals surface area contributed by atoms with Crippen molar-refractivity contribution < 1.29 is 13.6 Å². The molecule has 2 heterocycles. The lowest BCUT2D eigenvalue weighted by atomic mass is 10.0. The number of hydrogen-bond donors (Lipinski definition) is 0. The number of aryl methyl sites for hydroxylation is 1. The van der Waals surface area contributed by atoms with Crippen molar-refractivity contribution in [3.05, 3.63) is 65.0 Å². The maximum Gasteiger partial charge on any atom is 0.257 e. The Morgan fingerprint density at radius 3 is 2.71 bits per heavy atom. The van der Waals surface area contributed by atoms with Gasteiger partial charge in [0.1, 0.15) is 0 Å². The van der Waals surface area contributed by atoms with Crippen LogP contribution < -0.4 is 0 Å². The molecule has 2 aromatic rings. The molecule has 0 unspecified atom stereocenters. The Hall–Kier alpha value is -2.30. The van der Waals surface area contributed by atoms with Gasteiger partial charge >= 0.3 is 0 Å². The second kappa shape index (κ2) is 5.60. The van der Waals surface area contributed by atoms with Crippen molar-refractivity contribution in [3.63, 3.8) is 0 Å². The summed E-state index contributed by atoms with van der Waals surface area (Å²) in [4.78, 5) is 17.2. The summed E-state index contributed by atoms with van der Waals surface area (Å²) >= 11 is 0. The third kappa shape index (κ3) is 2.63. The van der Waals surface area contributed by atoms with E-state index in [1.807, 2.05) is 24.3 Å². The lowest BCUT2D eigenvalue weighted by Gasteiger charge is -2.21. The summed E-state index contributed by atoms with van der Waals surface area (Å²) in [5, 5.41) is 0. The number of benzene rings is 1. The number of pyridine rings is 1. The maximum absolute atomic E-state index is 13.7. The highest BCUT2D eigenvalue weighted by Gasteiger charge is 2.24. The Kier molecular flexibility index (Phi) is 3.64.